The van der Waals surface area contributed by atoms with Crippen LogP contribution in [0.4, 0.5) is 5.82 Å². The number of aliphatic hydroxyl groups excluding tert-OH is 1. The number of aliphatic hydroxyl groups is 1. The predicted molar refractivity (Wildman–Crippen MR) is 119 cm³/mol. The fraction of sp³-hybridized carbons (Fsp3) is 0.250. The molecule has 170 valence electrons. The molecule has 3 aromatic rings. The Balaban J connectivity index is 1.44. The van der Waals surface area contributed by atoms with E-state index in [1.165, 1.54) is 16.8 Å². The molecular formula is C24H23N3O6. The number of hydrogen-bond donors (Lipinski definition) is 2. The monoisotopic (exact) mass is 449 g/mol. The number of esters is 1. The highest BCUT2D eigenvalue weighted by Gasteiger charge is 2.39. The quantitative estimate of drug-likeness (QED) is 0.554. The molecule has 1 amide bonds. The van der Waals surface area contributed by atoms with Crippen molar-refractivity contribution in [3.8, 4) is 0 Å². The number of ether oxygens (including phenoxy) is 2. The van der Waals surface area contributed by atoms with Gasteiger partial charge in [0.2, 0.25) is 0 Å². The van der Waals surface area contributed by atoms with Crippen LogP contribution in [0.5, 0.6) is 0 Å². The van der Waals surface area contributed by atoms with Gasteiger partial charge in [-0.2, -0.15) is 4.98 Å². The molecule has 9 heteroatoms. The van der Waals surface area contributed by atoms with E-state index in [-0.39, 0.29) is 24.8 Å². The summed E-state index contributed by atoms with van der Waals surface area (Å²) in [4.78, 5) is 41.2. The van der Waals surface area contributed by atoms with Gasteiger partial charge in [0.1, 0.15) is 24.3 Å². The molecule has 0 saturated carbocycles. The van der Waals surface area contributed by atoms with Gasteiger partial charge in [-0.1, -0.05) is 35.9 Å². The number of carbonyl (C=O) groups is 2. The van der Waals surface area contributed by atoms with Crippen molar-refractivity contribution in [2.24, 2.45) is 0 Å². The fourth-order valence-corrected chi connectivity index (χ4v) is 3.53. The van der Waals surface area contributed by atoms with Crippen LogP contribution < -0.4 is 11.0 Å². The number of carbonyl (C=O) groups excluding carboxylic acids is 2. The first-order valence-corrected chi connectivity index (χ1v) is 10.4. The average molecular weight is 449 g/mol. The molecule has 2 N–H and O–H groups in total. The first-order valence-electron chi connectivity index (χ1n) is 10.4. The van der Waals surface area contributed by atoms with Crippen LogP contribution in [0.25, 0.3) is 0 Å². The van der Waals surface area contributed by atoms with Crippen molar-refractivity contribution in [3.63, 3.8) is 0 Å². The van der Waals surface area contributed by atoms with Crippen LogP contribution in [0.15, 0.2) is 71.7 Å². The zero-order valence-corrected chi connectivity index (χ0v) is 17.9. The van der Waals surface area contributed by atoms with E-state index < -0.39 is 30.1 Å². The third-order valence-electron chi connectivity index (χ3n) is 5.32. The normalized spacial score (nSPS) is 19.8. The molecule has 1 fully saturated rings. The number of nitrogens with one attached hydrogen (secondary N) is 1. The molecular weight excluding hydrogens is 426 g/mol. The van der Waals surface area contributed by atoms with E-state index in [1.807, 2.05) is 6.92 Å². The number of aryl methyl sites for hydroxylation is 1. The zero-order valence-electron chi connectivity index (χ0n) is 17.9. The standard InChI is InChI=1S/C24H23N3O6/c1-15-7-9-17(10-8-15)23(30)33-18-13-21(32-19(18)14-28)27-12-11-20(26-24(27)31)25-22(29)16-5-3-2-4-6-16/h2-12,18-19,21,28H,13-14H2,1H3,(H,25,26,29,31)/t18-,19+,21+/m0/s1. The topological polar surface area (TPSA) is 120 Å². The van der Waals surface area contributed by atoms with Crippen molar-refractivity contribution in [3.05, 3.63) is 94.0 Å². The molecule has 0 spiro atoms. The van der Waals surface area contributed by atoms with Crippen LogP contribution in [0.3, 0.4) is 0 Å². The van der Waals surface area contributed by atoms with Crippen molar-refractivity contribution >= 4 is 17.7 Å². The van der Waals surface area contributed by atoms with Gasteiger partial charge in [0.15, 0.2) is 0 Å². The van der Waals surface area contributed by atoms with Gasteiger partial charge in [-0.3, -0.25) is 9.36 Å². The van der Waals surface area contributed by atoms with Crippen molar-refractivity contribution in [2.75, 3.05) is 11.9 Å². The van der Waals surface area contributed by atoms with Crippen LogP contribution in [0.1, 0.15) is 38.9 Å². The third-order valence-corrected chi connectivity index (χ3v) is 5.32. The van der Waals surface area contributed by atoms with Gasteiger partial charge < -0.3 is 19.9 Å². The molecule has 1 aliphatic rings. The van der Waals surface area contributed by atoms with Gasteiger partial charge in [-0.25, -0.2) is 9.59 Å². The van der Waals surface area contributed by atoms with E-state index in [2.05, 4.69) is 10.3 Å². The van der Waals surface area contributed by atoms with Crippen molar-refractivity contribution in [2.45, 2.75) is 31.8 Å². The number of benzene rings is 2. The molecule has 2 heterocycles. The van der Waals surface area contributed by atoms with Gasteiger partial charge in [0.05, 0.1) is 12.2 Å². The molecule has 1 aliphatic heterocycles. The van der Waals surface area contributed by atoms with E-state index in [0.29, 0.717) is 11.1 Å². The fourth-order valence-electron chi connectivity index (χ4n) is 3.53. The molecule has 2 aromatic carbocycles. The van der Waals surface area contributed by atoms with Crippen molar-refractivity contribution in [1.29, 1.82) is 0 Å². The van der Waals surface area contributed by atoms with Gasteiger partial charge in [0, 0.05) is 18.2 Å². The second-order valence-electron chi connectivity index (χ2n) is 7.68. The largest absolute Gasteiger partial charge is 0.456 e. The zero-order chi connectivity index (χ0) is 23.4. The number of nitrogens with zero attached hydrogens (tertiary/aromatic N) is 2. The Hall–Kier alpha value is -3.82. The van der Waals surface area contributed by atoms with Gasteiger partial charge in [-0.05, 0) is 37.3 Å². The smallest absolute Gasteiger partial charge is 0.351 e. The first-order chi connectivity index (χ1) is 15.9. The third kappa shape index (κ3) is 5.16. The van der Waals surface area contributed by atoms with E-state index in [4.69, 9.17) is 9.47 Å². The predicted octanol–water partition coefficient (Wildman–Crippen LogP) is 2.31. The van der Waals surface area contributed by atoms with Crippen molar-refractivity contribution in [1.82, 2.24) is 9.55 Å². The highest BCUT2D eigenvalue weighted by Crippen LogP contribution is 2.30. The lowest BCUT2D eigenvalue weighted by Gasteiger charge is -2.16. The first kappa shape index (κ1) is 22.4. The maximum absolute atomic E-state index is 12.6. The van der Waals surface area contributed by atoms with Gasteiger partial charge in [-0.15, -0.1) is 0 Å². The average Bonchev–Trinajstić information content (AvgIpc) is 3.22. The molecule has 1 aromatic heterocycles. The Morgan fingerprint density at radius 3 is 2.52 bits per heavy atom. The highest BCUT2D eigenvalue weighted by atomic mass is 16.6. The summed E-state index contributed by atoms with van der Waals surface area (Å²) in [6.45, 7) is 1.53. The maximum atomic E-state index is 12.6. The van der Waals surface area contributed by atoms with Crippen molar-refractivity contribution < 1.29 is 24.2 Å². The minimum atomic E-state index is -0.784. The summed E-state index contributed by atoms with van der Waals surface area (Å²) in [5.41, 5.74) is 1.19. The van der Waals surface area contributed by atoms with Crippen LogP contribution in [-0.2, 0) is 9.47 Å². The Labute approximate surface area is 189 Å². The van der Waals surface area contributed by atoms with E-state index in [0.717, 1.165) is 5.56 Å². The molecule has 0 aliphatic carbocycles. The van der Waals surface area contributed by atoms with E-state index >= 15 is 0 Å². The van der Waals surface area contributed by atoms with Crippen LogP contribution >= 0.6 is 0 Å². The molecule has 0 unspecified atom stereocenters. The molecule has 4 rings (SSSR count). The van der Waals surface area contributed by atoms with Crippen LogP contribution in [0.2, 0.25) is 0 Å². The minimum absolute atomic E-state index is 0.101. The lowest BCUT2D eigenvalue weighted by Crippen LogP contribution is -2.30. The van der Waals surface area contributed by atoms with Crippen LogP contribution in [0, 0.1) is 6.92 Å². The molecule has 9 nitrogen and oxygen atoms in total. The van der Waals surface area contributed by atoms with E-state index in [1.54, 1.807) is 54.6 Å². The molecule has 3 atom stereocenters. The van der Waals surface area contributed by atoms with Gasteiger partial charge >= 0.3 is 11.7 Å². The molecule has 0 radical (unpaired) electrons. The second kappa shape index (κ2) is 9.76. The summed E-state index contributed by atoms with van der Waals surface area (Å²) in [5, 5.41) is 12.3. The summed E-state index contributed by atoms with van der Waals surface area (Å²) in [6, 6.07) is 17.0. The Morgan fingerprint density at radius 1 is 1.12 bits per heavy atom. The summed E-state index contributed by atoms with van der Waals surface area (Å²) in [6.07, 6.45) is -0.692. The maximum Gasteiger partial charge on any atom is 0.351 e. The summed E-state index contributed by atoms with van der Waals surface area (Å²) in [7, 11) is 0. The summed E-state index contributed by atoms with van der Waals surface area (Å²) in [5.74, 6) is -0.822. The van der Waals surface area contributed by atoms with Crippen LogP contribution in [-0.4, -0.2) is 45.3 Å². The summed E-state index contributed by atoms with van der Waals surface area (Å²) >= 11 is 0. The molecule has 33 heavy (non-hydrogen) atoms. The Morgan fingerprint density at radius 2 is 1.85 bits per heavy atom. The van der Waals surface area contributed by atoms with E-state index in [9.17, 15) is 19.5 Å². The number of rotatable bonds is 6. The summed E-state index contributed by atoms with van der Waals surface area (Å²) < 4.78 is 12.5. The highest BCUT2D eigenvalue weighted by molar-refractivity contribution is 6.03. The number of amides is 1. The number of aromatic nitrogens is 2. The number of anilines is 1. The second-order valence-corrected chi connectivity index (χ2v) is 7.68. The lowest BCUT2D eigenvalue weighted by atomic mass is 10.1. The molecule has 1 saturated heterocycles. The lowest BCUT2D eigenvalue weighted by molar-refractivity contribution is -0.0521. The SMILES string of the molecule is Cc1ccc(C(=O)O[C@H]2C[C@H](n3ccc(NC(=O)c4ccccc4)nc3=O)O[C@@H]2CO)cc1. The Kier molecular flexibility index (Phi) is 6.62. The Bertz CT molecular complexity index is 1190. The van der Waals surface area contributed by atoms with Gasteiger partial charge in [0.25, 0.3) is 5.91 Å². The minimum Gasteiger partial charge on any atom is -0.456 e. The number of hydrogen-bond acceptors (Lipinski definition) is 7. The molecule has 0 bridgehead atoms.